The predicted molar refractivity (Wildman–Crippen MR) is 122 cm³/mol. The highest BCUT2D eigenvalue weighted by molar-refractivity contribution is 7.89. The molecule has 2 aromatic heterocycles. The fraction of sp³-hybridized carbons (Fsp3) is 0.350. The number of sulfonamides is 1. The number of aromatic nitrogens is 3. The summed E-state index contributed by atoms with van der Waals surface area (Å²) in [6.07, 6.45) is 1.71. The number of benzene rings is 1. The Balaban J connectivity index is 0.00000245. The lowest BCUT2D eigenvalue weighted by atomic mass is 10.2. The van der Waals surface area contributed by atoms with Gasteiger partial charge in [0.2, 0.25) is 5.82 Å². The maximum absolute atomic E-state index is 13.1. The predicted octanol–water partition coefficient (Wildman–Crippen LogP) is 2.13. The maximum atomic E-state index is 13.1. The molecule has 9 nitrogen and oxygen atoms in total. The first-order chi connectivity index (χ1) is 14.8. The Kier molecular flexibility index (Phi) is 6.17. The number of carbonyl (C=O) groups is 1. The van der Waals surface area contributed by atoms with E-state index in [-0.39, 0.29) is 55.3 Å². The lowest BCUT2D eigenvalue weighted by Crippen LogP contribution is -2.50. The molecule has 0 radical (unpaired) electrons. The van der Waals surface area contributed by atoms with Gasteiger partial charge in [-0.3, -0.25) is 9.69 Å². The molecule has 1 aromatic carbocycles. The van der Waals surface area contributed by atoms with E-state index in [0.29, 0.717) is 17.1 Å². The molecule has 1 amide bonds. The van der Waals surface area contributed by atoms with Crippen molar-refractivity contribution in [3.05, 3.63) is 52.6 Å². The van der Waals surface area contributed by atoms with Gasteiger partial charge in [0.25, 0.3) is 15.9 Å². The summed E-state index contributed by atoms with van der Waals surface area (Å²) in [7, 11) is -1.71. The van der Waals surface area contributed by atoms with E-state index in [4.69, 9.17) is 11.6 Å². The van der Waals surface area contributed by atoms with Gasteiger partial charge in [-0.15, -0.1) is 12.4 Å². The van der Waals surface area contributed by atoms with Gasteiger partial charge >= 0.3 is 0 Å². The van der Waals surface area contributed by atoms with E-state index >= 15 is 0 Å². The molecule has 0 atom stereocenters. The Hall–Kier alpha value is -2.24. The van der Waals surface area contributed by atoms with E-state index in [1.165, 1.54) is 4.31 Å². The lowest BCUT2D eigenvalue weighted by molar-refractivity contribution is 0.0685. The molecule has 1 fully saturated rings. The van der Waals surface area contributed by atoms with E-state index in [1.54, 1.807) is 35.4 Å². The van der Waals surface area contributed by atoms with Crippen LogP contribution in [0.25, 0.3) is 10.9 Å². The first-order valence-electron chi connectivity index (χ1n) is 9.92. The number of hydrogen-bond acceptors (Lipinski definition) is 6. The number of nitrogens with one attached hydrogen (secondary N) is 1. The molecule has 0 saturated carbocycles. The van der Waals surface area contributed by atoms with Crippen LogP contribution >= 0.6 is 24.0 Å². The molecule has 1 N–H and O–H groups in total. The third-order valence-electron chi connectivity index (χ3n) is 5.71. The molecule has 2 aliphatic rings. The van der Waals surface area contributed by atoms with Crippen LogP contribution in [0, 0.1) is 0 Å². The van der Waals surface area contributed by atoms with E-state index < -0.39 is 10.0 Å². The molecular formula is C20H22Cl2N6O3S. The second-order valence-electron chi connectivity index (χ2n) is 7.90. The van der Waals surface area contributed by atoms with Crippen molar-refractivity contribution in [2.75, 3.05) is 33.2 Å². The summed E-state index contributed by atoms with van der Waals surface area (Å²) in [4.78, 5) is 28.2. The van der Waals surface area contributed by atoms with Crippen LogP contribution in [0.2, 0.25) is 5.02 Å². The van der Waals surface area contributed by atoms with Crippen LogP contribution in [-0.4, -0.2) is 76.6 Å². The number of fused-ring (bicyclic) bond motifs is 2. The van der Waals surface area contributed by atoms with Gasteiger partial charge in [0.1, 0.15) is 5.03 Å². The van der Waals surface area contributed by atoms with Crippen molar-refractivity contribution in [3.63, 3.8) is 0 Å². The molecule has 12 heteroatoms. The van der Waals surface area contributed by atoms with Crippen LogP contribution in [0.1, 0.15) is 21.9 Å². The minimum Gasteiger partial charge on any atom is -0.345 e. The van der Waals surface area contributed by atoms with E-state index in [1.807, 2.05) is 7.05 Å². The lowest BCUT2D eigenvalue weighted by Gasteiger charge is -2.33. The van der Waals surface area contributed by atoms with Gasteiger partial charge in [0.05, 0.1) is 5.69 Å². The normalized spacial score (nSPS) is 17.4. The quantitative estimate of drug-likeness (QED) is 0.595. The zero-order valence-electron chi connectivity index (χ0n) is 17.3. The minimum atomic E-state index is -3.70. The van der Waals surface area contributed by atoms with E-state index in [2.05, 4.69) is 19.9 Å². The van der Waals surface area contributed by atoms with Crippen molar-refractivity contribution in [2.24, 2.45) is 0 Å². The van der Waals surface area contributed by atoms with Crippen LogP contribution in [-0.2, 0) is 23.1 Å². The molecule has 0 bridgehead atoms. The van der Waals surface area contributed by atoms with Crippen LogP contribution in [0.4, 0.5) is 0 Å². The van der Waals surface area contributed by atoms with Crippen molar-refractivity contribution >= 4 is 50.8 Å². The minimum absolute atomic E-state index is 0. The number of piperazine rings is 1. The number of aromatic amines is 1. The van der Waals surface area contributed by atoms with Crippen LogP contribution < -0.4 is 0 Å². The highest BCUT2D eigenvalue weighted by Gasteiger charge is 2.32. The molecule has 2 aliphatic heterocycles. The van der Waals surface area contributed by atoms with Crippen LogP contribution in [0.5, 0.6) is 0 Å². The number of amides is 1. The maximum Gasteiger partial charge on any atom is 0.291 e. The smallest absolute Gasteiger partial charge is 0.291 e. The summed E-state index contributed by atoms with van der Waals surface area (Å²) in [5, 5.41) is 1.40. The second-order valence-corrected chi connectivity index (χ2v) is 10.2. The zero-order valence-corrected chi connectivity index (χ0v) is 19.7. The fourth-order valence-corrected chi connectivity index (χ4v) is 5.66. The summed E-state index contributed by atoms with van der Waals surface area (Å²) >= 11 is 6.00. The third kappa shape index (κ3) is 4.08. The number of nitrogens with zero attached hydrogens (tertiary/aromatic N) is 5. The van der Waals surface area contributed by atoms with Crippen molar-refractivity contribution in [1.82, 2.24) is 29.1 Å². The van der Waals surface area contributed by atoms with Gasteiger partial charge in [-0.1, -0.05) is 11.6 Å². The van der Waals surface area contributed by atoms with E-state index in [9.17, 15) is 13.2 Å². The summed E-state index contributed by atoms with van der Waals surface area (Å²) in [6, 6.07) is 6.77. The van der Waals surface area contributed by atoms with Gasteiger partial charge in [-0.2, -0.15) is 4.31 Å². The number of hydrogen-bond donors (Lipinski definition) is 1. The average molecular weight is 497 g/mol. The Morgan fingerprint density at radius 1 is 1.12 bits per heavy atom. The topological polar surface area (TPSA) is 103 Å². The van der Waals surface area contributed by atoms with Gasteiger partial charge in [-0.05, 0) is 31.3 Å². The molecule has 3 aromatic rings. The highest BCUT2D eigenvalue weighted by Crippen LogP contribution is 2.25. The van der Waals surface area contributed by atoms with E-state index in [0.717, 1.165) is 23.2 Å². The average Bonchev–Trinajstić information content (AvgIpc) is 3.35. The Morgan fingerprint density at radius 2 is 1.88 bits per heavy atom. The molecule has 1 saturated heterocycles. The Morgan fingerprint density at radius 3 is 2.62 bits per heavy atom. The van der Waals surface area contributed by atoms with Crippen molar-refractivity contribution in [3.8, 4) is 0 Å². The van der Waals surface area contributed by atoms with Gasteiger partial charge in [0, 0.05) is 67.0 Å². The molecule has 32 heavy (non-hydrogen) atoms. The van der Waals surface area contributed by atoms with Gasteiger partial charge in [-0.25, -0.2) is 18.4 Å². The first-order valence-corrected chi connectivity index (χ1v) is 11.7. The number of carbonyl (C=O) groups excluding carboxylic acids is 1. The number of halogens is 2. The number of rotatable bonds is 3. The second kappa shape index (κ2) is 8.60. The molecule has 5 rings (SSSR count). The monoisotopic (exact) mass is 496 g/mol. The molecule has 4 heterocycles. The standard InChI is InChI=1S/C20H21ClN6O3S.ClH/c1-25-11-14-10-22-19(24-17(14)12-25)20(28)26-4-6-27(7-5-26)31(29,30)18-9-13-8-15(21)2-3-16(13)23-18;/h2-3,8-10,23H,4-7,11-12H2,1H3;1H. The van der Waals surface area contributed by atoms with Crippen LogP contribution in [0.3, 0.4) is 0 Å². The van der Waals surface area contributed by atoms with Gasteiger partial charge in [0.15, 0.2) is 0 Å². The SMILES string of the molecule is CN1Cc2cnc(C(=O)N3CCN(S(=O)(=O)c4cc5cc(Cl)ccc5[nH]4)CC3)nc2C1.Cl. The molecular weight excluding hydrogens is 475 g/mol. The highest BCUT2D eigenvalue weighted by atomic mass is 35.5. The Labute approximate surface area is 196 Å². The summed E-state index contributed by atoms with van der Waals surface area (Å²) in [5.74, 6) is -0.104. The molecule has 0 aliphatic carbocycles. The molecule has 170 valence electrons. The third-order valence-corrected chi connectivity index (χ3v) is 7.76. The van der Waals surface area contributed by atoms with Gasteiger partial charge < -0.3 is 9.88 Å². The fourth-order valence-electron chi connectivity index (χ4n) is 4.04. The Bertz CT molecular complexity index is 1290. The van der Waals surface area contributed by atoms with Crippen LogP contribution in [0.15, 0.2) is 35.5 Å². The summed E-state index contributed by atoms with van der Waals surface area (Å²) in [6.45, 7) is 2.45. The van der Waals surface area contributed by atoms with Crippen molar-refractivity contribution < 1.29 is 13.2 Å². The summed E-state index contributed by atoms with van der Waals surface area (Å²) in [5.41, 5.74) is 2.62. The zero-order chi connectivity index (χ0) is 21.8. The number of H-pyrrole nitrogens is 1. The van der Waals surface area contributed by atoms with Crippen molar-refractivity contribution in [2.45, 2.75) is 18.1 Å². The largest absolute Gasteiger partial charge is 0.345 e. The summed E-state index contributed by atoms with van der Waals surface area (Å²) < 4.78 is 27.5. The first kappa shape index (κ1) is 22.9. The molecule has 0 spiro atoms. The molecule has 0 unspecified atom stereocenters. The van der Waals surface area contributed by atoms with Crippen molar-refractivity contribution in [1.29, 1.82) is 0 Å².